The topological polar surface area (TPSA) is 107 Å². The Labute approximate surface area is 71.5 Å². The van der Waals surface area contributed by atoms with Crippen LogP contribution in [0.5, 0.6) is 5.75 Å². The summed E-state index contributed by atoms with van der Waals surface area (Å²) in [6, 6.07) is 2.57. The molecule has 0 bridgehead atoms. The standard InChI is InChI=1S/C6H4N2O5/c9-6-3-4(7(10)11)1-2-5(6)8(12)13/h1-3,9H. The lowest BCUT2D eigenvalue weighted by Crippen LogP contribution is -1.91. The largest absolute Gasteiger partial charge is 0.502 e. The molecule has 0 heterocycles. The van der Waals surface area contributed by atoms with Crippen molar-refractivity contribution in [2.45, 2.75) is 0 Å². The lowest BCUT2D eigenvalue weighted by atomic mass is 10.2. The molecule has 0 saturated heterocycles. The molecule has 0 aliphatic rings. The van der Waals surface area contributed by atoms with E-state index in [0.717, 1.165) is 18.2 Å². The van der Waals surface area contributed by atoms with Gasteiger partial charge >= 0.3 is 5.69 Å². The van der Waals surface area contributed by atoms with Crippen LogP contribution in [0.25, 0.3) is 0 Å². The Morgan fingerprint density at radius 3 is 2.15 bits per heavy atom. The summed E-state index contributed by atoms with van der Waals surface area (Å²) in [5.41, 5.74) is -0.936. The molecule has 0 aromatic heterocycles. The minimum absolute atomic E-state index is 0.386. The highest BCUT2D eigenvalue weighted by Crippen LogP contribution is 2.29. The van der Waals surface area contributed by atoms with Crippen molar-refractivity contribution in [3.8, 4) is 5.75 Å². The van der Waals surface area contributed by atoms with Gasteiger partial charge in [-0.05, 0) is 0 Å². The molecule has 0 aliphatic carbocycles. The number of aromatic hydroxyl groups is 1. The quantitative estimate of drug-likeness (QED) is 0.549. The van der Waals surface area contributed by atoms with Gasteiger partial charge in [0.15, 0.2) is 0 Å². The van der Waals surface area contributed by atoms with E-state index in [4.69, 9.17) is 5.11 Å². The van der Waals surface area contributed by atoms with Gasteiger partial charge < -0.3 is 5.11 Å². The third-order valence-electron chi connectivity index (χ3n) is 1.37. The first kappa shape index (κ1) is 8.91. The molecule has 0 saturated carbocycles. The van der Waals surface area contributed by atoms with Crippen LogP contribution in [0.3, 0.4) is 0 Å². The molecule has 13 heavy (non-hydrogen) atoms. The maximum Gasteiger partial charge on any atom is 0.311 e. The number of hydrogen-bond acceptors (Lipinski definition) is 5. The van der Waals surface area contributed by atoms with E-state index in [1.54, 1.807) is 0 Å². The maximum absolute atomic E-state index is 10.2. The Kier molecular flexibility index (Phi) is 2.09. The normalized spacial score (nSPS) is 9.54. The van der Waals surface area contributed by atoms with Crippen LogP contribution in [-0.2, 0) is 0 Å². The zero-order valence-electron chi connectivity index (χ0n) is 6.21. The summed E-state index contributed by atoms with van der Waals surface area (Å²) >= 11 is 0. The molecule has 0 atom stereocenters. The molecule has 1 N–H and O–H groups in total. The molecule has 1 aromatic rings. The number of non-ortho nitro benzene ring substituents is 1. The van der Waals surface area contributed by atoms with E-state index < -0.39 is 21.3 Å². The predicted octanol–water partition coefficient (Wildman–Crippen LogP) is 1.21. The van der Waals surface area contributed by atoms with E-state index in [2.05, 4.69) is 0 Å². The Morgan fingerprint density at radius 1 is 1.15 bits per heavy atom. The number of nitro groups is 2. The number of nitrogens with zero attached hydrogens (tertiary/aromatic N) is 2. The van der Waals surface area contributed by atoms with Crippen molar-refractivity contribution in [2.75, 3.05) is 0 Å². The summed E-state index contributed by atoms with van der Waals surface area (Å²) in [7, 11) is 0. The summed E-state index contributed by atoms with van der Waals surface area (Å²) < 4.78 is 0. The fourth-order valence-corrected chi connectivity index (χ4v) is 0.780. The molecule has 7 nitrogen and oxygen atoms in total. The summed E-state index contributed by atoms with van der Waals surface area (Å²) in [5.74, 6) is -0.709. The lowest BCUT2D eigenvalue weighted by molar-refractivity contribution is -0.389. The first-order chi connectivity index (χ1) is 6.02. The van der Waals surface area contributed by atoms with E-state index in [-0.39, 0.29) is 5.69 Å². The van der Waals surface area contributed by atoms with Gasteiger partial charge in [0.05, 0.1) is 15.9 Å². The molecule has 0 spiro atoms. The molecular formula is C6H4N2O5. The molecule has 7 heteroatoms. The molecule has 0 unspecified atom stereocenters. The van der Waals surface area contributed by atoms with E-state index in [1.807, 2.05) is 0 Å². The molecule has 68 valence electrons. The zero-order chi connectivity index (χ0) is 10.0. The second-order valence-electron chi connectivity index (χ2n) is 2.19. The van der Waals surface area contributed by atoms with E-state index in [1.165, 1.54) is 0 Å². The van der Waals surface area contributed by atoms with Crippen LogP contribution < -0.4 is 0 Å². The number of rotatable bonds is 2. The van der Waals surface area contributed by atoms with Crippen molar-refractivity contribution in [1.29, 1.82) is 0 Å². The highest BCUT2D eigenvalue weighted by Gasteiger charge is 2.16. The highest BCUT2D eigenvalue weighted by atomic mass is 16.6. The maximum atomic E-state index is 10.2. The third kappa shape index (κ3) is 1.70. The Morgan fingerprint density at radius 2 is 1.77 bits per heavy atom. The summed E-state index contributed by atoms with van der Waals surface area (Å²) in [5, 5.41) is 29.3. The van der Waals surface area contributed by atoms with Crippen LogP contribution in [0.1, 0.15) is 0 Å². The number of nitro benzene ring substituents is 2. The lowest BCUT2D eigenvalue weighted by Gasteiger charge is -1.94. The Balaban J connectivity index is 3.20. The smallest absolute Gasteiger partial charge is 0.311 e. The van der Waals surface area contributed by atoms with Gasteiger partial charge in [0.1, 0.15) is 0 Å². The zero-order valence-corrected chi connectivity index (χ0v) is 6.21. The van der Waals surface area contributed by atoms with E-state index in [9.17, 15) is 20.2 Å². The average Bonchev–Trinajstić information content (AvgIpc) is 2.03. The minimum atomic E-state index is -0.820. The monoisotopic (exact) mass is 184 g/mol. The first-order valence-electron chi connectivity index (χ1n) is 3.14. The number of hydrogen-bond donors (Lipinski definition) is 1. The third-order valence-corrected chi connectivity index (χ3v) is 1.37. The van der Waals surface area contributed by atoms with Gasteiger partial charge in [0.25, 0.3) is 5.69 Å². The van der Waals surface area contributed by atoms with Gasteiger partial charge in [-0.25, -0.2) is 0 Å². The van der Waals surface area contributed by atoms with Crippen LogP contribution in [-0.4, -0.2) is 15.0 Å². The first-order valence-corrected chi connectivity index (χ1v) is 3.14. The molecule has 0 aliphatic heterocycles. The summed E-state index contributed by atoms with van der Waals surface area (Å²) in [6.07, 6.45) is 0. The van der Waals surface area contributed by atoms with Gasteiger partial charge in [-0.3, -0.25) is 20.2 Å². The molecule has 0 radical (unpaired) electrons. The number of phenolic OH excluding ortho intramolecular Hbond substituents is 1. The van der Waals surface area contributed by atoms with Crippen molar-refractivity contribution in [3.05, 3.63) is 38.4 Å². The number of benzene rings is 1. The Hall–Kier alpha value is -2.18. The van der Waals surface area contributed by atoms with Crippen LogP contribution in [0, 0.1) is 20.2 Å². The van der Waals surface area contributed by atoms with Crippen molar-refractivity contribution in [2.24, 2.45) is 0 Å². The average molecular weight is 184 g/mol. The Bertz CT molecular complexity index is 375. The van der Waals surface area contributed by atoms with Crippen LogP contribution in [0.4, 0.5) is 11.4 Å². The molecule has 1 aromatic carbocycles. The van der Waals surface area contributed by atoms with Crippen LogP contribution in [0.15, 0.2) is 18.2 Å². The predicted molar refractivity (Wildman–Crippen MR) is 41.4 cm³/mol. The molecule has 0 amide bonds. The van der Waals surface area contributed by atoms with Crippen molar-refractivity contribution >= 4 is 11.4 Å². The number of phenols is 1. The molecular weight excluding hydrogens is 180 g/mol. The highest BCUT2D eigenvalue weighted by molar-refractivity contribution is 5.51. The van der Waals surface area contributed by atoms with Crippen molar-refractivity contribution in [1.82, 2.24) is 0 Å². The second kappa shape index (κ2) is 3.05. The van der Waals surface area contributed by atoms with Crippen LogP contribution >= 0.6 is 0 Å². The van der Waals surface area contributed by atoms with Gasteiger partial charge in [-0.1, -0.05) is 0 Å². The van der Waals surface area contributed by atoms with Gasteiger partial charge in [-0.15, -0.1) is 0 Å². The second-order valence-corrected chi connectivity index (χ2v) is 2.19. The fraction of sp³-hybridized carbons (Fsp3) is 0. The van der Waals surface area contributed by atoms with Crippen LogP contribution in [0.2, 0.25) is 0 Å². The minimum Gasteiger partial charge on any atom is -0.502 e. The van der Waals surface area contributed by atoms with Gasteiger partial charge in [-0.2, -0.15) is 0 Å². The van der Waals surface area contributed by atoms with E-state index in [0.29, 0.717) is 0 Å². The fourth-order valence-electron chi connectivity index (χ4n) is 0.780. The molecule has 1 rings (SSSR count). The van der Waals surface area contributed by atoms with Crippen molar-refractivity contribution in [3.63, 3.8) is 0 Å². The van der Waals surface area contributed by atoms with Gasteiger partial charge in [0.2, 0.25) is 5.75 Å². The summed E-state index contributed by atoms with van der Waals surface area (Å²) in [6.45, 7) is 0. The van der Waals surface area contributed by atoms with Gasteiger partial charge in [0, 0.05) is 12.1 Å². The van der Waals surface area contributed by atoms with E-state index >= 15 is 0 Å². The SMILES string of the molecule is O=[N+]([O-])c1ccc([N+](=O)[O-])c(O)c1. The van der Waals surface area contributed by atoms with Crippen molar-refractivity contribution < 1.29 is 15.0 Å². The molecule has 0 fully saturated rings. The summed E-state index contributed by atoms with van der Waals surface area (Å²) in [4.78, 5) is 18.8.